The second-order valence-electron chi connectivity index (χ2n) is 9.15. The highest BCUT2D eigenvalue weighted by Gasteiger charge is 2.33. The molecule has 34 heavy (non-hydrogen) atoms. The van der Waals surface area contributed by atoms with Crippen LogP contribution in [0.4, 0.5) is 0 Å². The predicted octanol–water partition coefficient (Wildman–Crippen LogP) is 5.69. The van der Waals surface area contributed by atoms with Gasteiger partial charge in [-0.3, -0.25) is 9.78 Å². The maximum absolute atomic E-state index is 12.1. The van der Waals surface area contributed by atoms with Gasteiger partial charge in [-0.15, -0.1) is 11.8 Å². The third-order valence-electron chi connectivity index (χ3n) is 6.98. The van der Waals surface area contributed by atoms with Gasteiger partial charge >= 0.3 is 5.97 Å². The molecule has 1 aromatic heterocycles. The molecule has 0 unspecified atom stereocenters. The number of methoxy groups -OCH3 is 1. The number of rotatable bonds is 10. The number of ether oxygens (including phenoxy) is 1. The van der Waals surface area contributed by atoms with Crippen molar-refractivity contribution in [3.63, 3.8) is 0 Å². The van der Waals surface area contributed by atoms with Crippen molar-refractivity contribution in [2.45, 2.75) is 37.5 Å². The number of nitrogens with zero attached hydrogens (tertiary/aromatic N) is 2. The Bertz CT molecular complexity index is 1120. The van der Waals surface area contributed by atoms with Gasteiger partial charge in [-0.2, -0.15) is 0 Å². The summed E-state index contributed by atoms with van der Waals surface area (Å²) in [5.41, 5.74) is 3.52. The fraction of sp³-hybridized carbons (Fsp3) is 0.429. The highest BCUT2D eigenvalue weighted by atomic mass is 32.2. The molecule has 2 aromatic carbocycles. The first-order valence-corrected chi connectivity index (χ1v) is 13.1. The first-order chi connectivity index (χ1) is 16.5. The average Bonchev–Trinajstić information content (AvgIpc) is 2.85. The van der Waals surface area contributed by atoms with Crippen molar-refractivity contribution in [2.75, 3.05) is 32.5 Å². The fourth-order valence-corrected chi connectivity index (χ4v) is 6.02. The largest absolute Gasteiger partial charge is 0.497 e. The van der Waals surface area contributed by atoms with Crippen molar-refractivity contribution in [1.29, 1.82) is 0 Å². The van der Waals surface area contributed by atoms with Gasteiger partial charge in [-0.1, -0.05) is 18.2 Å². The lowest BCUT2D eigenvalue weighted by molar-refractivity contribution is -0.146. The summed E-state index contributed by atoms with van der Waals surface area (Å²) in [6.45, 7) is 4.71. The van der Waals surface area contributed by atoms with Crippen LogP contribution in [0.2, 0.25) is 0 Å². The summed E-state index contributed by atoms with van der Waals surface area (Å²) in [7, 11) is 1.68. The first kappa shape index (κ1) is 24.6. The Morgan fingerprint density at radius 2 is 2.09 bits per heavy atom. The molecule has 6 heteroatoms. The molecule has 0 saturated carbocycles. The second-order valence-corrected chi connectivity index (χ2v) is 10.3. The molecular weight excluding hydrogens is 444 g/mol. The van der Waals surface area contributed by atoms with E-state index in [9.17, 15) is 9.90 Å². The average molecular weight is 479 g/mol. The Kier molecular flexibility index (Phi) is 8.46. The highest BCUT2D eigenvalue weighted by Crippen LogP contribution is 2.31. The minimum absolute atomic E-state index is 0.236. The van der Waals surface area contributed by atoms with Gasteiger partial charge in [-0.25, -0.2) is 0 Å². The number of fused-ring (bicyclic) bond motifs is 1. The topological polar surface area (TPSA) is 62.7 Å². The standard InChI is InChI=1S/C28H34N2O3S/c1-20-6-3-4-9-27(20)34-17-16-30-15-13-22(25(19-30)28(31)32)8-5-7-21-12-14-29-26-11-10-23(33-2)18-24(21)26/h3-4,6,9-12,14,18,22,25H,5,7-8,13,15-17,19H2,1-2H3,(H,31,32)/t22-,25+/m1/s1. The number of thioether (sulfide) groups is 1. The monoisotopic (exact) mass is 478 g/mol. The zero-order chi connectivity index (χ0) is 23.9. The molecule has 5 nitrogen and oxygen atoms in total. The zero-order valence-corrected chi connectivity index (χ0v) is 20.9. The van der Waals surface area contributed by atoms with E-state index in [1.807, 2.05) is 36.2 Å². The number of pyridine rings is 1. The van der Waals surface area contributed by atoms with Crippen LogP contribution < -0.4 is 4.74 Å². The molecule has 4 rings (SSSR count). The molecule has 1 saturated heterocycles. The van der Waals surface area contributed by atoms with Crippen LogP contribution in [0.3, 0.4) is 0 Å². The quantitative estimate of drug-likeness (QED) is 0.378. The van der Waals surface area contributed by atoms with E-state index < -0.39 is 5.97 Å². The van der Waals surface area contributed by atoms with Crippen LogP contribution in [0.5, 0.6) is 5.75 Å². The summed E-state index contributed by atoms with van der Waals surface area (Å²) in [5, 5.41) is 11.1. The Hall–Kier alpha value is -2.57. The molecule has 1 aliphatic rings. The van der Waals surface area contributed by atoms with Crippen molar-refractivity contribution < 1.29 is 14.6 Å². The van der Waals surface area contributed by atoms with Crippen LogP contribution in [0, 0.1) is 18.8 Å². The number of hydrogen-bond acceptors (Lipinski definition) is 5. The van der Waals surface area contributed by atoms with Crippen LogP contribution in [0.15, 0.2) is 59.6 Å². The van der Waals surface area contributed by atoms with Gasteiger partial charge in [0.15, 0.2) is 0 Å². The normalized spacial score (nSPS) is 18.8. The van der Waals surface area contributed by atoms with Gasteiger partial charge in [0.05, 0.1) is 18.5 Å². The van der Waals surface area contributed by atoms with Crippen LogP contribution in [0.1, 0.15) is 30.4 Å². The van der Waals surface area contributed by atoms with Gasteiger partial charge in [0, 0.05) is 35.3 Å². The number of aliphatic carboxylic acids is 1. The van der Waals surface area contributed by atoms with E-state index in [1.165, 1.54) is 16.0 Å². The molecule has 2 atom stereocenters. The molecule has 1 aliphatic heterocycles. The molecule has 1 fully saturated rings. The SMILES string of the molecule is COc1ccc2nccc(CCC[C@@H]3CCN(CCSc4ccccc4C)C[C@@H]3C(=O)O)c2c1. The van der Waals surface area contributed by atoms with Crippen LogP contribution in [-0.4, -0.2) is 53.5 Å². The number of carbonyl (C=O) groups is 1. The lowest BCUT2D eigenvalue weighted by Crippen LogP contribution is -2.44. The van der Waals surface area contributed by atoms with E-state index in [-0.39, 0.29) is 11.8 Å². The summed E-state index contributed by atoms with van der Waals surface area (Å²) in [5.74, 6) is 1.12. The van der Waals surface area contributed by atoms with E-state index in [0.29, 0.717) is 6.54 Å². The van der Waals surface area contributed by atoms with Gasteiger partial charge in [0.25, 0.3) is 0 Å². The summed E-state index contributed by atoms with van der Waals surface area (Å²) < 4.78 is 5.39. The molecule has 2 heterocycles. The van der Waals surface area contributed by atoms with Crippen molar-refractivity contribution in [2.24, 2.45) is 11.8 Å². The third-order valence-corrected chi connectivity index (χ3v) is 8.13. The minimum atomic E-state index is -0.652. The number of aryl methyl sites for hydroxylation is 2. The predicted molar refractivity (Wildman–Crippen MR) is 139 cm³/mol. The number of carboxylic acids is 1. The third kappa shape index (κ3) is 6.10. The zero-order valence-electron chi connectivity index (χ0n) is 20.1. The molecule has 0 radical (unpaired) electrons. The second kappa shape index (κ2) is 11.7. The highest BCUT2D eigenvalue weighted by molar-refractivity contribution is 7.99. The van der Waals surface area contributed by atoms with E-state index >= 15 is 0 Å². The number of carboxylic acid groups (broad SMARTS) is 1. The van der Waals surface area contributed by atoms with E-state index in [2.05, 4.69) is 47.1 Å². The lowest BCUT2D eigenvalue weighted by Gasteiger charge is -2.36. The summed E-state index contributed by atoms with van der Waals surface area (Å²) in [4.78, 5) is 20.2. The molecule has 1 N–H and O–H groups in total. The summed E-state index contributed by atoms with van der Waals surface area (Å²) in [6, 6.07) is 16.5. The molecule has 0 aliphatic carbocycles. The van der Waals surface area contributed by atoms with Gasteiger partial charge < -0.3 is 14.7 Å². The Labute approximate surface area is 206 Å². The number of piperidine rings is 1. The summed E-state index contributed by atoms with van der Waals surface area (Å²) in [6.07, 6.45) is 5.66. The van der Waals surface area contributed by atoms with E-state index in [1.54, 1.807) is 7.11 Å². The maximum atomic E-state index is 12.1. The number of likely N-dealkylation sites (tertiary alicyclic amines) is 1. The molecule has 0 bridgehead atoms. The number of aromatic nitrogens is 1. The molecular formula is C28H34N2O3S. The molecule has 0 amide bonds. The smallest absolute Gasteiger partial charge is 0.308 e. The maximum Gasteiger partial charge on any atom is 0.308 e. The molecule has 3 aromatic rings. The van der Waals surface area contributed by atoms with Crippen LogP contribution in [-0.2, 0) is 11.2 Å². The Morgan fingerprint density at radius 1 is 1.24 bits per heavy atom. The lowest BCUT2D eigenvalue weighted by atomic mass is 9.81. The van der Waals surface area contributed by atoms with Crippen molar-refractivity contribution in [3.8, 4) is 5.75 Å². The molecule has 0 spiro atoms. The Balaban J connectivity index is 1.30. The van der Waals surface area contributed by atoms with Gasteiger partial charge in [-0.05, 0) is 86.5 Å². The van der Waals surface area contributed by atoms with E-state index in [4.69, 9.17) is 4.74 Å². The van der Waals surface area contributed by atoms with Crippen molar-refractivity contribution in [3.05, 3.63) is 65.9 Å². The van der Waals surface area contributed by atoms with Crippen molar-refractivity contribution in [1.82, 2.24) is 9.88 Å². The number of hydrogen-bond donors (Lipinski definition) is 1. The van der Waals surface area contributed by atoms with Crippen LogP contribution in [0.25, 0.3) is 10.9 Å². The number of benzene rings is 2. The Morgan fingerprint density at radius 3 is 2.88 bits per heavy atom. The summed E-state index contributed by atoms with van der Waals surface area (Å²) >= 11 is 1.86. The van der Waals surface area contributed by atoms with E-state index in [0.717, 1.165) is 61.2 Å². The first-order valence-electron chi connectivity index (χ1n) is 12.1. The molecule has 180 valence electrons. The van der Waals surface area contributed by atoms with Crippen LogP contribution >= 0.6 is 11.8 Å². The minimum Gasteiger partial charge on any atom is -0.497 e. The van der Waals surface area contributed by atoms with Gasteiger partial charge in [0.1, 0.15) is 5.75 Å². The van der Waals surface area contributed by atoms with Gasteiger partial charge in [0.2, 0.25) is 0 Å². The fourth-order valence-electron chi connectivity index (χ4n) is 4.98. The van der Waals surface area contributed by atoms with Crippen molar-refractivity contribution >= 4 is 28.6 Å².